The van der Waals surface area contributed by atoms with Crippen molar-refractivity contribution in [1.82, 2.24) is 15.6 Å². The zero-order valence-corrected chi connectivity index (χ0v) is 15.2. The maximum absolute atomic E-state index is 5.68. The number of hydrogen-bond acceptors (Lipinski definition) is 3. The quantitative estimate of drug-likeness (QED) is 0.646. The summed E-state index contributed by atoms with van der Waals surface area (Å²) in [5, 5.41) is 6.91. The van der Waals surface area contributed by atoms with Crippen molar-refractivity contribution in [3.8, 4) is 0 Å². The fraction of sp³-hybridized carbons (Fsp3) is 0.667. The van der Waals surface area contributed by atoms with Crippen molar-refractivity contribution in [2.24, 2.45) is 10.4 Å². The second kappa shape index (κ2) is 6.87. The largest absolute Gasteiger partial charge is 0.378 e. The fourth-order valence-electron chi connectivity index (χ4n) is 3.05. The van der Waals surface area contributed by atoms with Gasteiger partial charge in [0, 0.05) is 44.0 Å². The van der Waals surface area contributed by atoms with E-state index in [1.165, 1.54) is 5.56 Å². The number of nitrogens with one attached hydrogen (secondary N) is 2. The van der Waals surface area contributed by atoms with E-state index in [4.69, 9.17) is 4.74 Å². The van der Waals surface area contributed by atoms with Crippen molar-refractivity contribution < 1.29 is 4.74 Å². The highest BCUT2D eigenvalue weighted by molar-refractivity contribution is 5.80. The molecule has 128 valence electrons. The van der Waals surface area contributed by atoms with Crippen LogP contribution in [0.1, 0.15) is 38.4 Å². The highest BCUT2D eigenvalue weighted by atomic mass is 16.5. The summed E-state index contributed by atoms with van der Waals surface area (Å²) in [6.45, 7) is 9.48. The number of ether oxygens (including phenoxy) is 1. The smallest absolute Gasteiger partial charge is 0.191 e. The molecule has 2 atom stereocenters. The topological polar surface area (TPSA) is 58.5 Å². The van der Waals surface area contributed by atoms with Crippen molar-refractivity contribution in [2.45, 2.75) is 52.2 Å². The summed E-state index contributed by atoms with van der Waals surface area (Å²) >= 11 is 0. The number of hydrogen-bond donors (Lipinski definition) is 2. The molecule has 0 bridgehead atoms. The van der Waals surface area contributed by atoms with Crippen molar-refractivity contribution in [3.63, 3.8) is 0 Å². The summed E-state index contributed by atoms with van der Waals surface area (Å²) < 4.78 is 5.68. The first-order valence-corrected chi connectivity index (χ1v) is 8.26. The van der Waals surface area contributed by atoms with E-state index in [1.54, 1.807) is 7.11 Å². The lowest BCUT2D eigenvalue weighted by Crippen LogP contribution is -2.69. The molecular formula is C18H30N4O. The molecule has 2 N–H and O–H groups in total. The Kier molecular flexibility index (Phi) is 5.30. The summed E-state index contributed by atoms with van der Waals surface area (Å²) in [5.74, 6) is 0.848. The third kappa shape index (κ3) is 3.66. The molecular weight excluding hydrogens is 288 g/mol. The van der Waals surface area contributed by atoms with Crippen LogP contribution in [0.2, 0.25) is 0 Å². The summed E-state index contributed by atoms with van der Waals surface area (Å²) in [7, 11) is 3.60. The Labute approximate surface area is 139 Å². The van der Waals surface area contributed by atoms with Crippen LogP contribution in [0.15, 0.2) is 23.3 Å². The van der Waals surface area contributed by atoms with E-state index in [9.17, 15) is 0 Å². The Bertz CT molecular complexity index is 553. The highest BCUT2D eigenvalue weighted by Crippen LogP contribution is 2.51. The van der Waals surface area contributed by atoms with Crippen LogP contribution in [-0.4, -0.2) is 43.3 Å². The lowest BCUT2D eigenvalue weighted by atomic mass is 9.56. The number of rotatable bonds is 5. The van der Waals surface area contributed by atoms with E-state index in [-0.39, 0.29) is 11.0 Å². The zero-order valence-electron chi connectivity index (χ0n) is 15.2. The van der Waals surface area contributed by atoms with E-state index in [1.807, 2.05) is 26.2 Å². The lowest BCUT2D eigenvalue weighted by Gasteiger charge is -2.59. The summed E-state index contributed by atoms with van der Waals surface area (Å²) in [6, 6.07) is 4.53. The molecule has 2 unspecified atom stereocenters. The first-order chi connectivity index (χ1) is 10.8. The average Bonchev–Trinajstić information content (AvgIpc) is 2.54. The van der Waals surface area contributed by atoms with Crippen molar-refractivity contribution >= 4 is 5.96 Å². The van der Waals surface area contributed by atoms with E-state index >= 15 is 0 Å². The van der Waals surface area contributed by atoms with Gasteiger partial charge in [0.15, 0.2) is 5.96 Å². The monoisotopic (exact) mass is 318 g/mol. The van der Waals surface area contributed by atoms with Crippen LogP contribution in [-0.2, 0) is 11.2 Å². The van der Waals surface area contributed by atoms with E-state index in [0.717, 1.165) is 31.0 Å². The summed E-state index contributed by atoms with van der Waals surface area (Å²) in [5.41, 5.74) is 2.28. The van der Waals surface area contributed by atoms with Crippen LogP contribution in [0.3, 0.4) is 0 Å². The van der Waals surface area contributed by atoms with Gasteiger partial charge < -0.3 is 15.4 Å². The second-order valence-corrected chi connectivity index (χ2v) is 7.11. The number of guanidine groups is 1. The standard InChI is InChI=1S/C18H30N4O/c1-13-7-8-14(12-21-13)9-10-20-16(19-5)22-15-11-18(4,23-6)17(15,2)3/h7-8,12,15H,9-11H2,1-6H3,(H2,19,20,22). The number of aliphatic imine (C=N–C) groups is 1. The van der Waals surface area contributed by atoms with Crippen LogP contribution in [0.25, 0.3) is 0 Å². The third-order valence-electron chi connectivity index (χ3n) is 5.49. The molecule has 0 saturated heterocycles. The molecule has 0 radical (unpaired) electrons. The molecule has 5 nitrogen and oxygen atoms in total. The van der Waals surface area contributed by atoms with Crippen LogP contribution in [0, 0.1) is 12.3 Å². The molecule has 1 aliphatic rings. The molecule has 1 aromatic rings. The number of methoxy groups -OCH3 is 1. The molecule has 0 aliphatic heterocycles. The summed E-state index contributed by atoms with van der Waals surface area (Å²) in [4.78, 5) is 8.66. The maximum Gasteiger partial charge on any atom is 0.191 e. The Hall–Kier alpha value is -1.62. The maximum atomic E-state index is 5.68. The number of nitrogens with zero attached hydrogens (tertiary/aromatic N) is 2. The predicted octanol–water partition coefficient (Wildman–Crippen LogP) is 2.30. The molecule has 5 heteroatoms. The zero-order chi connectivity index (χ0) is 17.1. The second-order valence-electron chi connectivity index (χ2n) is 7.11. The molecule has 0 amide bonds. The van der Waals surface area contributed by atoms with Crippen molar-refractivity contribution in [2.75, 3.05) is 20.7 Å². The van der Waals surface area contributed by atoms with Gasteiger partial charge in [0.2, 0.25) is 0 Å². The van der Waals surface area contributed by atoms with E-state index < -0.39 is 0 Å². The van der Waals surface area contributed by atoms with Gasteiger partial charge in [-0.05, 0) is 38.3 Å². The van der Waals surface area contributed by atoms with E-state index in [2.05, 4.69) is 47.4 Å². The first-order valence-electron chi connectivity index (χ1n) is 8.26. The van der Waals surface area contributed by atoms with E-state index in [0.29, 0.717) is 6.04 Å². The van der Waals surface area contributed by atoms with Gasteiger partial charge in [-0.3, -0.25) is 9.98 Å². The molecule has 0 spiro atoms. The van der Waals surface area contributed by atoms with Gasteiger partial charge in [-0.1, -0.05) is 19.9 Å². The highest BCUT2D eigenvalue weighted by Gasteiger charge is 2.57. The van der Waals surface area contributed by atoms with Gasteiger partial charge in [0.1, 0.15) is 0 Å². The Morgan fingerprint density at radius 1 is 1.39 bits per heavy atom. The third-order valence-corrected chi connectivity index (χ3v) is 5.49. The van der Waals surface area contributed by atoms with Crippen molar-refractivity contribution in [3.05, 3.63) is 29.6 Å². The number of pyridine rings is 1. The molecule has 1 aliphatic carbocycles. The minimum absolute atomic E-state index is 0.0697. The molecule has 1 heterocycles. The molecule has 1 saturated carbocycles. The van der Waals surface area contributed by atoms with Gasteiger partial charge in [-0.15, -0.1) is 0 Å². The molecule has 1 fully saturated rings. The SMILES string of the molecule is CN=C(NCCc1ccc(C)nc1)NC1CC(C)(OC)C1(C)C. The molecule has 1 aromatic heterocycles. The van der Waals surface area contributed by atoms with Crippen molar-refractivity contribution in [1.29, 1.82) is 0 Å². The average molecular weight is 318 g/mol. The molecule has 23 heavy (non-hydrogen) atoms. The lowest BCUT2D eigenvalue weighted by molar-refractivity contribution is -0.176. The van der Waals surface area contributed by atoms with Gasteiger partial charge >= 0.3 is 0 Å². The number of aryl methyl sites for hydroxylation is 1. The fourth-order valence-corrected chi connectivity index (χ4v) is 3.05. The predicted molar refractivity (Wildman–Crippen MR) is 94.8 cm³/mol. The molecule has 0 aromatic carbocycles. The van der Waals surface area contributed by atoms with Gasteiger partial charge in [-0.2, -0.15) is 0 Å². The Morgan fingerprint density at radius 2 is 2.13 bits per heavy atom. The Morgan fingerprint density at radius 3 is 2.65 bits per heavy atom. The number of aromatic nitrogens is 1. The van der Waals surface area contributed by atoms with Crippen LogP contribution in [0.5, 0.6) is 0 Å². The minimum Gasteiger partial charge on any atom is -0.378 e. The van der Waals surface area contributed by atoms with Crippen LogP contribution < -0.4 is 10.6 Å². The van der Waals surface area contributed by atoms with Gasteiger partial charge in [-0.25, -0.2) is 0 Å². The molecule has 2 rings (SSSR count). The summed E-state index contributed by atoms with van der Waals surface area (Å²) in [6.07, 6.45) is 3.85. The van der Waals surface area contributed by atoms with Gasteiger partial charge in [0.25, 0.3) is 0 Å². The van der Waals surface area contributed by atoms with Crippen LogP contribution in [0.4, 0.5) is 0 Å². The van der Waals surface area contributed by atoms with Gasteiger partial charge in [0.05, 0.1) is 5.60 Å². The minimum atomic E-state index is -0.0723. The first kappa shape index (κ1) is 17.7. The Balaban J connectivity index is 1.82. The normalized spacial score (nSPS) is 26.5. The van der Waals surface area contributed by atoms with Crippen LogP contribution >= 0.6 is 0 Å².